The van der Waals surface area contributed by atoms with Crippen molar-refractivity contribution >= 4 is 0 Å². The molecule has 0 aromatic heterocycles. The van der Waals surface area contributed by atoms with Gasteiger partial charge in [-0.1, -0.05) is 0 Å². The summed E-state index contributed by atoms with van der Waals surface area (Å²) in [5.41, 5.74) is 0. The van der Waals surface area contributed by atoms with E-state index < -0.39 is 18.7 Å². The van der Waals surface area contributed by atoms with Crippen LogP contribution in [0.1, 0.15) is 13.8 Å². The zero-order chi connectivity index (χ0) is 6.36. The number of nitrogens with zero attached hydrogens (tertiary/aromatic N) is 1. The zero-order valence-electron chi connectivity index (χ0n) is 6.11. The molecule has 0 aromatic rings. The van der Waals surface area contributed by atoms with Gasteiger partial charge in [-0.3, -0.25) is 0 Å². The van der Waals surface area contributed by atoms with Crippen molar-refractivity contribution in [3.05, 3.63) is 0 Å². The topological polar surface area (TPSA) is 3.01 Å². The van der Waals surface area contributed by atoms with Crippen LogP contribution in [-0.4, -0.2) is 23.6 Å². The van der Waals surface area contributed by atoms with E-state index >= 15 is 0 Å². The Labute approximate surface area is 56.3 Å². The number of hydrogen-bond acceptors (Lipinski definition) is 1. The van der Waals surface area contributed by atoms with Gasteiger partial charge in [0.1, 0.15) is 0 Å². The number of alkyl halides is 3. The van der Waals surface area contributed by atoms with Gasteiger partial charge in [0.2, 0.25) is 0 Å². The van der Waals surface area contributed by atoms with Gasteiger partial charge in [0.25, 0.3) is 0 Å². The van der Waals surface area contributed by atoms with Gasteiger partial charge >= 0.3 is 56.1 Å². The van der Waals surface area contributed by atoms with Gasteiger partial charge in [0.05, 0.1) is 0 Å². The van der Waals surface area contributed by atoms with Gasteiger partial charge in [-0.25, -0.2) is 0 Å². The van der Waals surface area contributed by atoms with Crippen LogP contribution in [0.5, 0.6) is 0 Å². The van der Waals surface area contributed by atoms with E-state index in [4.69, 9.17) is 0 Å². The van der Waals surface area contributed by atoms with E-state index in [1.165, 1.54) is 4.43 Å². The molecule has 0 bridgehead atoms. The first-order valence-electron chi connectivity index (χ1n) is 3.02. The van der Waals surface area contributed by atoms with E-state index in [1.807, 2.05) is 0 Å². The summed E-state index contributed by atoms with van der Waals surface area (Å²) in [5, 5.41) is 0. The van der Waals surface area contributed by atoms with Gasteiger partial charge in [-0.2, -0.15) is 0 Å². The molecule has 0 aliphatic carbocycles. The van der Waals surface area contributed by atoms with Crippen LogP contribution in [0, 0.1) is 0 Å². The maximum absolute atomic E-state index is 2.59. The van der Waals surface area contributed by atoms with E-state index in [0.717, 1.165) is 4.05 Å². The number of hydrogen-bond donors (Lipinski definition) is 0. The van der Waals surface area contributed by atoms with Crippen molar-refractivity contribution in [1.82, 2.24) is 3.11 Å². The molecular weight excluding hydrogens is 213 g/mol. The molecule has 0 aromatic carbocycles. The van der Waals surface area contributed by atoms with E-state index in [1.54, 1.807) is 0 Å². The van der Waals surface area contributed by atoms with Gasteiger partial charge in [0.15, 0.2) is 0 Å². The fraction of sp³-hybridized carbons (Fsp3) is 1.00. The molecule has 0 radical (unpaired) electrons. The monoisotopic (exact) mass is 228 g/mol. The average Bonchev–Trinajstić information content (AvgIpc) is 2.22. The van der Waals surface area contributed by atoms with Crippen molar-refractivity contribution in [1.29, 1.82) is 0 Å². The molecule has 0 spiro atoms. The standard InChI is InChI=1S/C6H15IN/c1-5-7(3)6(2)8(7)4/h6H,5H2,1-4H3/q-1. The van der Waals surface area contributed by atoms with Crippen molar-refractivity contribution in [3.63, 3.8) is 0 Å². The second kappa shape index (κ2) is 1.84. The molecule has 0 amide bonds. The van der Waals surface area contributed by atoms with Crippen LogP contribution in [0.3, 0.4) is 0 Å². The molecule has 0 saturated carbocycles. The predicted octanol–water partition coefficient (Wildman–Crippen LogP) is -2.00. The summed E-state index contributed by atoms with van der Waals surface area (Å²) in [6.45, 7) is 4.69. The average molecular weight is 228 g/mol. The Morgan fingerprint density at radius 3 is 2.00 bits per heavy atom. The summed E-state index contributed by atoms with van der Waals surface area (Å²) in [6, 6.07) is 0. The van der Waals surface area contributed by atoms with Crippen LogP contribution in [0.4, 0.5) is 0 Å². The van der Waals surface area contributed by atoms with Crippen molar-refractivity contribution < 1.29 is 18.7 Å². The third-order valence-corrected chi connectivity index (χ3v) is 13.8. The maximum atomic E-state index is 2.59. The van der Waals surface area contributed by atoms with Gasteiger partial charge in [0, 0.05) is 0 Å². The second-order valence-corrected chi connectivity index (χ2v) is 13.1. The molecule has 8 heavy (non-hydrogen) atoms. The summed E-state index contributed by atoms with van der Waals surface area (Å²) < 4.78 is 5.04. The third-order valence-electron chi connectivity index (χ3n) is 2.28. The number of halogens is 1. The first-order valence-corrected chi connectivity index (χ1v) is 8.92. The molecule has 1 saturated heterocycles. The van der Waals surface area contributed by atoms with Crippen molar-refractivity contribution in [2.45, 2.75) is 17.9 Å². The molecule has 1 fully saturated rings. The molecule has 52 valence electrons. The summed E-state index contributed by atoms with van der Waals surface area (Å²) >= 11 is -1.14. The molecule has 1 rings (SSSR count). The van der Waals surface area contributed by atoms with Gasteiger partial charge in [-0.05, 0) is 0 Å². The molecule has 1 heterocycles. The van der Waals surface area contributed by atoms with E-state index in [-0.39, 0.29) is 0 Å². The van der Waals surface area contributed by atoms with Crippen LogP contribution < -0.4 is 18.7 Å². The zero-order valence-corrected chi connectivity index (χ0v) is 8.27. The SMILES string of the molecule is CC[I-]1(C)C(C)N1C. The Bertz CT molecular complexity index is 94.7. The van der Waals surface area contributed by atoms with Gasteiger partial charge in [-0.15, -0.1) is 0 Å². The third kappa shape index (κ3) is 0.692. The molecular formula is C6H15IN-. The van der Waals surface area contributed by atoms with Crippen LogP contribution in [-0.2, 0) is 0 Å². The summed E-state index contributed by atoms with van der Waals surface area (Å²) in [6.07, 6.45) is 0. The van der Waals surface area contributed by atoms with E-state index in [0.29, 0.717) is 0 Å². The van der Waals surface area contributed by atoms with Crippen molar-refractivity contribution in [2.75, 3.05) is 16.4 Å². The van der Waals surface area contributed by atoms with Crippen LogP contribution in [0.2, 0.25) is 0 Å². The quantitative estimate of drug-likeness (QED) is 0.165. The van der Waals surface area contributed by atoms with Gasteiger partial charge < -0.3 is 0 Å². The first kappa shape index (κ1) is 6.81. The fourth-order valence-electron chi connectivity index (χ4n) is 1.01. The van der Waals surface area contributed by atoms with E-state index in [9.17, 15) is 0 Å². The Morgan fingerprint density at radius 1 is 1.62 bits per heavy atom. The fourth-order valence-corrected chi connectivity index (χ4v) is 9.16. The second-order valence-electron chi connectivity index (χ2n) is 2.39. The molecule has 0 N–H and O–H groups in total. The van der Waals surface area contributed by atoms with Crippen LogP contribution >= 0.6 is 0 Å². The Kier molecular flexibility index (Phi) is 1.56. The minimum absolute atomic E-state index is 0.992. The molecule has 1 aliphatic heterocycles. The molecule has 2 heteroatoms. The molecule has 3 atom stereocenters. The predicted molar refractivity (Wildman–Crippen MR) is 33.7 cm³/mol. The molecule has 3 unspecified atom stereocenters. The van der Waals surface area contributed by atoms with Crippen molar-refractivity contribution in [3.8, 4) is 0 Å². The van der Waals surface area contributed by atoms with E-state index in [2.05, 4.69) is 28.9 Å². The normalized spacial score (nSPS) is 62.0. The Hall–Kier alpha value is 0.690. The summed E-state index contributed by atoms with van der Waals surface area (Å²) in [5.74, 6) is 0. The van der Waals surface area contributed by atoms with Crippen molar-refractivity contribution in [2.24, 2.45) is 0 Å². The van der Waals surface area contributed by atoms with Crippen LogP contribution in [0.15, 0.2) is 0 Å². The minimum atomic E-state index is -1.14. The summed E-state index contributed by atoms with van der Waals surface area (Å²) in [7, 11) is 2.27. The summed E-state index contributed by atoms with van der Waals surface area (Å²) in [4.78, 5) is 2.50. The molecule has 1 aliphatic rings. The first-order chi connectivity index (χ1) is 3.63. The number of rotatable bonds is 1. The molecule has 1 nitrogen and oxygen atoms in total. The Balaban J connectivity index is 2.50. The Morgan fingerprint density at radius 2 is 2.00 bits per heavy atom. The van der Waals surface area contributed by atoms with Crippen LogP contribution in [0.25, 0.3) is 0 Å².